The molecule has 52 valence electrons. The number of carboxylic acids is 1. The Morgan fingerprint density at radius 2 is 1.50 bits per heavy atom. The van der Waals surface area contributed by atoms with Gasteiger partial charge in [0, 0.05) is 58.9 Å². The molecule has 3 nitrogen and oxygen atoms in total. The van der Waals surface area contributed by atoms with E-state index in [9.17, 15) is 0 Å². The summed E-state index contributed by atoms with van der Waals surface area (Å²) in [5, 5.41) is 7.42. The van der Waals surface area contributed by atoms with Gasteiger partial charge in [-0.1, -0.05) is 0 Å². The van der Waals surface area contributed by atoms with Crippen LogP contribution in [0.4, 0.5) is 0 Å². The molecular formula is C4H10ArO3. The third-order valence-electron chi connectivity index (χ3n) is 0. The minimum Gasteiger partial charge on any atom is -0.481 e. The van der Waals surface area contributed by atoms with E-state index < -0.39 is 5.97 Å². The number of methoxy groups -OCH3 is 1. The van der Waals surface area contributed by atoms with Gasteiger partial charge in [0.1, 0.15) is 0 Å². The van der Waals surface area contributed by atoms with Crippen molar-refractivity contribution in [3.63, 3.8) is 0 Å². The SMILES string of the molecule is CC(=O)O.COC.[Ar]. The molecule has 8 heavy (non-hydrogen) atoms. The maximum absolute atomic E-state index is 9.00. The van der Waals surface area contributed by atoms with E-state index in [-0.39, 0.29) is 37.7 Å². The zero-order valence-electron chi connectivity index (χ0n) is 5.12. The van der Waals surface area contributed by atoms with Crippen molar-refractivity contribution in [2.75, 3.05) is 14.2 Å². The minimum absolute atomic E-state index is 0. The van der Waals surface area contributed by atoms with Crippen LogP contribution in [0.2, 0.25) is 0 Å². The van der Waals surface area contributed by atoms with Gasteiger partial charge in [0.2, 0.25) is 0 Å². The van der Waals surface area contributed by atoms with E-state index in [1.54, 1.807) is 14.2 Å². The molecule has 1 N–H and O–H groups in total. The molecule has 0 atom stereocenters. The molecule has 0 amide bonds. The van der Waals surface area contributed by atoms with Crippen molar-refractivity contribution in [3.05, 3.63) is 0 Å². The van der Waals surface area contributed by atoms with Crippen molar-refractivity contribution in [3.8, 4) is 0 Å². The number of hydrogen-bond donors (Lipinski definition) is 1. The first-order chi connectivity index (χ1) is 3.15. The Bertz CT molecular complexity index is 42.5. The second-order valence-electron chi connectivity index (χ2n) is 0.927. The summed E-state index contributed by atoms with van der Waals surface area (Å²) in [7, 11) is 3.25. The standard InChI is InChI=1S/C2H4O2.C2H6O.Ar/c1-2(3)4;1-3-2;/h1H3,(H,3,4);1-2H3;. The molecule has 4 heteroatoms. The van der Waals surface area contributed by atoms with Crippen LogP contribution in [0.5, 0.6) is 0 Å². The van der Waals surface area contributed by atoms with Gasteiger partial charge < -0.3 is 9.84 Å². The number of carbonyl (C=O) groups is 1. The fourth-order valence-electron chi connectivity index (χ4n) is 0. The van der Waals surface area contributed by atoms with Crippen molar-refractivity contribution >= 4 is 5.97 Å². The molecule has 0 aliphatic rings. The van der Waals surface area contributed by atoms with Crippen molar-refractivity contribution < 1.29 is 52.4 Å². The molecule has 0 aromatic heterocycles. The van der Waals surface area contributed by atoms with E-state index in [4.69, 9.17) is 9.90 Å². The van der Waals surface area contributed by atoms with Crippen molar-refractivity contribution in [1.82, 2.24) is 0 Å². The van der Waals surface area contributed by atoms with E-state index in [1.165, 1.54) is 0 Å². The molecule has 0 radical (unpaired) electrons. The van der Waals surface area contributed by atoms with Crippen LogP contribution in [-0.2, 0) is 9.53 Å². The average molecular weight is 146 g/mol. The quantitative estimate of drug-likeness (QED) is 0.536. The Hall–Kier alpha value is 0.690. The summed E-state index contributed by atoms with van der Waals surface area (Å²) in [4.78, 5) is 9.00. The number of carboxylic acid groups (broad SMARTS) is 1. The van der Waals surface area contributed by atoms with Crippen LogP contribution in [-0.4, -0.2) is 25.3 Å². The van der Waals surface area contributed by atoms with Crippen LogP contribution >= 0.6 is 0 Å². The fraction of sp³-hybridized carbons (Fsp3) is 0.750. The smallest absolute Gasteiger partial charge is 0.300 e. The van der Waals surface area contributed by atoms with Gasteiger partial charge in [0.15, 0.2) is 0 Å². The Labute approximate surface area is 79.0 Å². The van der Waals surface area contributed by atoms with Gasteiger partial charge in [0.05, 0.1) is 0 Å². The van der Waals surface area contributed by atoms with E-state index in [0.717, 1.165) is 6.92 Å². The average Bonchev–Trinajstić information content (AvgIpc) is 1.33. The molecule has 0 spiro atoms. The fourth-order valence-corrected chi connectivity index (χ4v) is 0. The molecule has 0 heterocycles. The monoisotopic (exact) mass is 146 g/mol. The largest absolute Gasteiger partial charge is 0.481 e. The summed E-state index contributed by atoms with van der Waals surface area (Å²) in [5.41, 5.74) is 0. The van der Waals surface area contributed by atoms with Crippen LogP contribution in [0.15, 0.2) is 0 Å². The number of hydrogen-bond acceptors (Lipinski definition) is 2. The second kappa shape index (κ2) is 15.6. The van der Waals surface area contributed by atoms with Crippen LogP contribution in [0.3, 0.4) is 0 Å². The molecular weight excluding hydrogens is 136 g/mol. The Kier molecular flexibility index (Phi) is 31.0. The normalized spacial score (nSPS) is 5.38. The summed E-state index contributed by atoms with van der Waals surface area (Å²) in [5.74, 6) is -0.833. The molecule has 0 bridgehead atoms. The van der Waals surface area contributed by atoms with Gasteiger partial charge in [-0.15, -0.1) is 0 Å². The molecule has 0 saturated heterocycles. The molecule has 0 saturated carbocycles. The van der Waals surface area contributed by atoms with Gasteiger partial charge in [-0.2, -0.15) is 0 Å². The Morgan fingerprint density at radius 3 is 1.50 bits per heavy atom. The predicted octanol–water partition coefficient (Wildman–Crippen LogP) is 0.353. The van der Waals surface area contributed by atoms with Crippen molar-refractivity contribution in [2.45, 2.75) is 6.92 Å². The zero-order chi connectivity index (χ0) is 6.28. The van der Waals surface area contributed by atoms with E-state index in [1.807, 2.05) is 0 Å². The van der Waals surface area contributed by atoms with E-state index >= 15 is 0 Å². The Morgan fingerprint density at radius 1 is 1.50 bits per heavy atom. The summed E-state index contributed by atoms with van der Waals surface area (Å²) < 4.78 is 4.25. The van der Waals surface area contributed by atoms with Crippen LogP contribution in [0, 0.1) is 37.7 Å². The van der Waals surface area contributed by atoms with Crippen molar-refractivity contribution in [1.29, 1.82) is 0 Å². The molecule has 0 aliphatic carbocycles. The maximum Gasteiger partial charge on any atom is 0.300 e. The minimum atomic E-state index is -0.833. The molecule has 0 unspecified atom stereocenters. The number of ether oxygens (including phenoxy) is 1. The topological polar surface area (TPSA) is 46.5 Å². The summed E-state index contributed by atoms with van der Waals surface area (Å²) in [6.07, 6.45) is 0. The Balaban J connectivity index is -0.0000000575. The first-order valence-corrected chi connectivity index (χ1v) is 1.74. The third-order valence-corrected chi connectivity index (χ3v) is 0. The molecule has 0 aromatic carbocycles. The summed E-state index contributed by atoms with van der Waals surface area (Å²) in [6, 6.07) is 0. The molecule has 0 fully saturated rings. The molecule has 0 aromatic rings. The van der Waals surface area contributed by atoms with E-state index in [2.05, 4.69) is 4.74 Å². The van der Waals surface area contributed by atoms with Crippen LogP contribution in [0.1, 0.15) is 6.92 Å². The summed E-state index contributed by atoms with van der Waals surface area (Å²) >= 11 is 0. The van der Waals surface area contributed by atoms with Crippen LogP contribution < -0.4 is 0 Å². The number of aliphatic carboxylic acids is 1. The zero-order valence-corrected chi connectivity index (χ0v) is 5.82. The first-order valence-electron chi connectivity index (χ1n) is 1.74. The first kappa shape index (κ1) is 15.9. The number of rotatable bonds is 0. The summed E-state index contributed by atoms with van der Waals surface area (Å²) in [6.45, 7) is 1.08. The van der Waals surface area contributed by atoms with E-state index in [0.29, 0.717) is 0 Å². The van der Waals surface area contributed by atoms with Gasteiger partial charge >= 0.3 is 0 Å². The van der Waals surface area contributed by atoms with Gasteiger partial charge in [-0.3, -0.25) is 4.79 Å². The van der Waals surface area contributed by atoms with Crippen molar-refractivity contribution in [2.24, 2.45) is 0 Å². The van der Waals surface area contributed by atoms with Gasteiger partial charge in [-0.25, -0.2) is 0 Å². The predicted molar refractivity (Wildman–Crippen MR) is 26.2 cm³/mol. The van der Waals surface area contributed by atoms with Gasteiger partial charge in [-0.05, 0) is 0 Å². The van der Waals surface area contributed by atoms with Gasteiger partial charge in [0.25, 0.3) is 5.97 Å². The third kappa shape index (κ3) is 455. The molecule has 0 aliphatic heterocycles. The molecule has 0 rings (SSSR count). The van der Waals surface area contributed by atoms with Crippen LogP contribution in [0.25, 0.3) is 0 Å². The maximum atomic E-state index is 9.00. The second-order valence-corrected chi connectivity index (χ2v) is 0.927.